The predicted molar refractivity (Wildman–Crippen MR) is 132 cm³/mol. The maximum Gasteiger partial charge on any atom is 0.259 e. The Hall–Kier alpha value is -3.49. The molecular formula is C24H22N4O2S2. The first-order chi connectivity index (χ1) is 15.5. The number of carbonyl (C=O) groups is 2. The molecule has 0 aliphatic carbocycles. The van der Waals surface area contributed by atoms with E-state index in [-0.39, 0.29) is 11.8 Å². The zero-order valence-electron chi connectivity index (χ0n) is 17.7. The number of carbonyl (C=O) groups excluding carboxylic acids is 2. The third-order valence-electron chi connectivity index (χ3n) is 4.80. The standard InChI is InChI=1S/C24H22N4O2S2/c1-16(29)25-14-18-12-13-22(32-18)20-15-31-24(26-20)27-23(30)19-10-6-7-11-21(19)28(2)17-8-4-3-5-9-17/h3-13,15H,14H2,1-2H3,(H,25,29)(H,26,27,30). The summed E-state index contributed by atoms with van der Waals surface area (Å²) in [5.74, 6) is -0.265. The minimum absolute atomic E-state index is 0.0585. The lowest BCUT2D eigenvalue weighted by molar-refractivity contribution is -0.119. The molecule has 8 heteroatoms. The summed E-state index contributed by atoms with van der Waals surface area (Å²) in [7, 11) is 1.94. The number of benzene rings is 2. The van der Waals surface area contributed by atoms with Crippen LogP contribution in [0.25, 0.3) is 10.6 Å². The Morgan fingerprint density at radius 2 is 1.75 bits per heavy atom. The lowest BCUT2D eigenvalue weighted by atomic mass is 10.1. The number of amides is 2. The van der Waals surface area contributed by atoms with E-state index in [1.54, 1.807) is 11.3 Å². The Labute approximate surface area is 194 Å². The number of nitrogens with zero attached hydrogens (tertiary/aromatic N) is 2. The third-order valence-corrected chi connectivity index (χ3v) is 6.67. The number of thiazole rings is 1. The van der Waals surface area contributed by atoms with Crippen LogP contribution in [0.2, 0.25) is 0 Å². The van der Waals surface area contributed by atoms with Gasteiger partial charge < -0.3 is 10.2 Å². The molecule has 162 valence electrons. The highest BCUT2D eigenvalue weighted by molar-refractivity contribution is 7.17. The highest BCUT2D eigenvalue weighted by Crippen LogP contribution is 2.32. The van der Waals surface area contributed by atoms with E-state index >= 15 is 0 Å². The van der Waals surface area contributed by atoms with Crippen molar-refractivity contribution in [3.63, 3.8) is 0 Å². The number of anilines is 3. The molecule has 0 fully saturated rings. The Morgan fingerprint density at radius 1 is 1.00 bits per heavy atom. The molecule has 0 saturated heterocycles. The van der Waals surface area contributed by atoms with Crippen LogP contribution in [0, 0.1) is 0 Å². The maximum atomic E-state index is 13.1. The van der Waals surface area contributed by atoms with E-state index in [9.17, 15) is 9.59 Å². The summed E-state index contributed by atoms with van der Waals surface area (Å²) >= 11 is 2.96. The number of thiophene rings is 1. The zero-order chi connectivity index (χ0) is 22.5. The van der Waals surface area contributed by atoms with Gasteiger partial charge in [-0.1, -0.05) is 30.3 Å². The lowest BCUT2D eigenvalue weighted by Crippen LogP contribution is -2.18. The van der Waals surface area contributed by atoms with E-state index in [0.717, 1.165) is 26.8 Å². The van der Waals surface area contributed by atoms with E-state index < -0.39 is 0 Å². The number of hydrogen-bond donors (Lipinski definition) is 2. The molecule has 32 heavy (non-hydrogen) atoms. The molecule has 0 bridgehead atoms. The molecule has 4 rings (SSSR count). The summed E-state index contributed by atoms with van der Waals surface area (Å²) in [5, 5.41) is 8.19. The molecule has 2 amide bonds. The van der Waals surface area contributed by atoms with Crippen LogP contribution in [-0.2, 0) is 11.3 Å². The third kappa shape index (κ3) is 5.04. The molecule has 0 spiro atoms. The van der Waals surface area contributed by atoms with E-state index in [1.165, 1.54) is 18.3 Å². The van der Waals surface area contributed by atoms with Crippen molar-refractivity contribution in [2.45, 2.75) is 13.5 Å². The second-order valence-corrected chi connectivity index (χ2v) is 9.11. The zero-order valence-corrected chi connectivity index (χ0v) is 19.3. The Morgan fingerprint density at radius 3 is 2.53 bits per heavy atom. The van der Waals surface area contributed by atoms with E-state index in [0.29, 0.717) is 17.2 Å². The summed E-state index contributed by atoms with van der Waals surface area (Å²) < 4.78 is 0. The van der Waals surface area contributed by atoms with Gasteiger partial charge >= 0.3 is 0 Å². The number of rotatable bonds is 7. The van der Waals surface area contributed by atoms with Crippen molar-refractivity contribution in [3.05, 3.63) is 82.6 Å². The van der Waals surface area contributed by atoms with Gasteiger partial charge in [-0.3, -0.25) is 14.9 Å². The van der Waals surface area contributed by atoms with Crippen molar-refractivity contribution >= 4 is 51.0 Å². The number of para-hydroxylation sites is 2. The monoisotopic (exact) mass is 462 g/mol. The van der Waals surface area contributed by atoms with Crippen LogP contribution in [-0.4, -0.2) is 23.8 Å². The van der Waals surface area contributed by atoms with Crippen molar-refractivity contribution in [2.24, 2.45) is 0 Å². The number of nitrogens with one attached hydrogen (secondary N) is 2. The fraction of sp³-hybridized carbons (Fsp3) is 0.125. The van der Waals surface area contributed by atoms with Crippen molar-refractivity contribution in [1.29, 1.82) is 0 Å². The van der Waals surface area contributed by atoms with Crippen LogP contribution in [0.4, 0.5) is 16.5 Å². The molecule has 2 heterocycles. The van der Waals surface area contributed by atoms with Gasteiger partial charge in [0, 0.05) is 29.9 Å². The van der Waals surface area contributed by atoms with Gasteiger partial charge in [-0.2, -0.15) is 0 Å². The molecule has 2 N–H and O–H groups in total. The molecule has 0 atom stereocenters. The molecule has 0 radical (unpaired) electrons. The van der Waals surface area contributed by atoms with Crippen LogP contribution in [0.3, 0.4) is 0 Å². The summed E-state index contributed by atoms with van der Waals surface area (Å²) in [5.41, 5.74) is 3.19. The molecule has 0 unspecified atom stereocenters. The first-order valence-corrected chi connectivity index (χ1v) is 11.7. The van der Waals surface area contributed by atoms with Crippen molar-refractivity contribution in [3.8, 4) is 10.6 Å². The summed E-state index contributed by atoms with van der Waals surface area (Å²) in [6.07, 6.45) is 0. The average Bonchev–Trinajstić information content (AvgIpc) is 3.47. The highest BCUT2D eigenvalue weighted by atomic mass is 32.1. The van der Waals surface area contributed by atoms with Crippen LogP contribution in [0.1, 0.15) is 22.2 Å². The molecule has 2 aromatic heterocycles. The van der Waals surface area contributed by atoms with E-state index in [4.69, 9.17) is 0 Å². The first kappa shape index (κ1) is 21.7. The minimum atomic E-state index is -0.207. The highest BCUT2D eigenvalue weighted by Gasteiger charge is 2.17. The molecule has 4 aromatic rings. The van der Waals surface area contributed by atoms with Gasteiger partial charge in [0.05, 0.1) is 28.4 Å². The predicted octanol–water partition coefficient (Wildman–Crippen LogP) is 5.53. The van der Waals surface area contributed by atoms with Crippen molar-refractivity contribution in [2.75, 3.05) is 17.3 Å². The minimum Gasteiger partial charge on any atom is -0.351 e. The molecule has 0 aliphatic heterocycles. The van der Waals surface area contributed by atoms with Crippen LogP contribution in [0.5, 0.6) is 0 Å². The quantitative estimate of drug-likeness (QED) is 0.379. The first-order valence-electron chi connectivity index (χ1n) is 9.99. The topological polar surface area (TPSA) is 74.3 Å². The van der Waals surface area contributed by atoms with Gasteiger partial charge in [-0.25, -0.2) is 4.98 Å². The normalized spacial score (nSPS) is 10.6. The fourth-order valence-electron chi connectivity index (χ4n) is 3.18. The van der Waals surface area contributed by atoms with E-state index in [1.807, 2.05) is 84.1 Å². The second-order valence-electron chi connectivity index (χ2n) is 7.08. The summed E-state index contributed by atoms with van der Waals surface area (Å²) in [4.78, 5) is 32.8. The Balaban J connectivity index is 1.49. The summed E-state index contributed by atoms with van der Waals surface area (Å²) in [6.45, 7) is 2.00. The lowest BCUT2D eigenvalue weighted by Gasteiger charge is -2.22. The van der Waals surface area contributed by atoms with Crippen LogP contribution < -0.4 is 15.5 Å². The molecule has 2 aromatic carbocycles. The van der Waals surface area contributed by atoms with Gasteiger partial charge in [-0.15, -0.1) is 22.7 Å². The Kier molecular flexibility index (Phi) is 6.63. The van der Waals surface area contributed by atoms with E-state index in [2.05, 4.69) is 15.6 Å². The molecule has 0 aliphatic rings. The van der Waals surface area contributed by atoms with Crippen molar-refractivity contribution in [1.82, 2.24) is 10.3 Å². The van der Waals surface area contributed by atoms with Gasteiger partial charge in [-0.05, 0) is 36.4 Å². The molecule has 0 saturated carbocycles. The van der Waals surface area contributed by atoms with Gasteiger partial charge in [0.2, 0.25) is 5.91 Å². The molecular weight excluding hydrogens is 440 g/mol. The molecule has 6 nitrogen and oxygen atoms in total. The van der Waals surface area contributed by atoms with Crippen LogP contribution >= 0.6 is 22.7 Å². The largest absolute Gasteiger partial charge is 0.351 e. The smallest absolute Gasteiger partial charge is 0.259 e. The number of hydrogen-bond acceptors (Lipinski definition) is 6. The number of aromatic nitrogens is 1. The van der Waals surface area contributed by atoms with Gasteiger partial charge in [0.1, 0.15) is 0 Å². The maximum absolute atomic E-state index is 13.1. The van der Waals surface area contributed by atoms with Crippen LogP contribution in [0.15, 0.2) is 72.1 Å². The van der Waals surface area contributed by atoms with Gasteiger partial charge in [0.15, 0.2) is 5.13 Å². The Bertz CT molecular complexity index is 1230. The van der Waals surface area contributed by atoms with Crippen molar-refractivity contribution < 1.29 is 9.59 Å². The second kappa shape index (κ2) is 9.76. The average molecular weight is 463 g/mol. The SMILES string of the molecule is CC(=O)NCc1ccc(-c2csc(NC(=O)c3ccccc3N(C)c3ccccc3)n2)s1. The summed E-state index contributed by atoms with van der Waals surface area (Å²) in [6, 6.07) is 21.4. The van der Waals surface area contributed by atoms with Gasteiger partial charge in [0.25, 0.3) is 5.91 Å². The fourth-order valence-corrected chi connectivity index (χ4v) is 4.87.